The molecule has 4 N–H and O–H groups in total. The zero-order valence-electron chi connectivity index (χ0n) is 7.85. The van der Waals surface area contributed by atoms with Crippen LogP contribution in [0.15, 0.2) is 6.20 Å². The van der Waals surface area contributed by atoms with Crippen LogP contribution in [0.3, 0.4) is 0 Å². The number of anilines is 1. The Morgan fingerprint density at radius 2 is 1.88 bits per heavy atom. The molecule has 3 nitrogen and oxygen atoms in total. The van der Waals surface area contributed by atoms with Gasteiger partial charge in [-0.05, 0) is 0 Å². The zero-order valence-corrected chi connectivity index (χ0v) is 7.85. The number of halogens is 5. The van der Waals surface area contributed by atoms with Crippen LogP contribution in [0.2, 0.25) is 0 Å². The van der Waals surface area contributed by atoms with Crippen LogP contribution in [0.25, 0.3) is 0 Å². The Bertz CT molecular complexity index is 388. The smallest absolute Gasteiger partial charge is 0.397 e. The highest BCUT2D eigenvalue weighted by Crippen LogP contribution is 2.39. The molecule has 0 saturated carbocycles. The van der Waals surface area contributed by atoms with Crippen LogP contribution in [0.1, 0.15) is 23.2 Å². The van der Waals surface area contributed by atoms with E-state index in [1.807, 2.05) is 0 Å². The molecule has 90 valence electrons. The number of nitrogens with two attached hydrogens (primary N) is 2. The molecule has 0 aromatic carbocycles. The first-order valence-corrected chi connectivity index (χ1v) is 4.11. The molecule has 8 heteroatoms. The fourth-order valence-electron chi connectivity index (χ4n) is 1.21. The third-order valence-corrected chi connectivity index (χ3v) is 1.96. The molecule has 0 amide bonds. The second-order valence-corrected chi connectivity index (χ2v) is 2.95. The van der Waals surface area contributed by atoms with Crippen molar-refractivity contribution < 1.29 is 22.0 Å². The average molecular weight is 241 g/mol. The molecule has 0 spiro atoms. The number of hydrogen-bond acceptors (Lipinski definition) is 3. The van der Waals surface area contributed by atoms with Crippen LogP contribution in [0.5, 0.6) is 0 Å². The maximum Gasteiger partial charge on any atom is 0.418 e. The molecule has 0 aliphatic rings. The number of hydrogen-bond donors (Lipinski definition) is 2. The van der Waals surface area contributed by atoms with Gasteiger partial charge in [-0.15, -0.1) is 0 Å². The van der Waals surface area contributed by atoms with Crippen LogP contribution >= 0.6 is 0 Å². The summed E-state index contributed by atoms with van der Waals surface area (Å²) < 4.78 is 62.1. The van der Waals surface area contributed by atoms with Gasteiger partial charge >= 0.3 is 6.18 Å². The lowest BCUT2D eigenvalue weighted by Crippen LogP contribution is -2.16. The van der Waals surface area contributed by atoms with Gasteiger partial charge in [-0.2, -0.15) is 13.2 Å². The van der Waals surface area contributed by atoms with Crippen molar-refractivity contribution in [2.75, 3.05) is 5.73 Å². The van der Waals surface area contributed by atoms with E-state index in [2.05, 4.69) is 4.98 Å². The largest absolute Gasteiger partial charge is 0.418 e. The Hall–Kier alpha value is -1.44. The summed E-state index contributed by atoms with van der Waals surface area (Å²) in [5.41, 5.74) is 6.61. The van der Waals surface area contributed by atoms with Gasteiger partial charge in [0.2, 0.25) is 0 Å². The van der Waals surface area contributed by atoms with E-state index in [-0.39, 0.29) is 12.2 Å². The fourth-order valence-corrected chi connectivity index (χ4v) is 1.21. The van der Waals surface area contributed by atoms with Gasteiger partial charge in [0.25, 0.3) is 6.43 Å². The van der Waals surface area contributed by atoms with Crippen molar-refractivity contribution in [2.45, 2.75) is 19.1 Å². The highest BCUT2D eigenvalue weighted by atomic mass is 19.4. The van der Waals surface area contributed by atoms with Crippen molar-refractivity contribution in [2.24, 2.45) is 5.73 Å². The van der Waals surface area contributed by atoms with E-state index in [9.17, 15) is 22.0 Å². The second kappa shape index (κ2) is 4.20. The van der Waals surface area contributed by atoms with Crippen molar-refractivity contribution in [1.29, 1.82) is 0 Å². The Morgan fingerprint density at radius 3 is 2.25 bits per heavy atom. The predicted octanol–water partition coefficient (Wildman–Crippen LogP) is 2.08. The number of pyridine rings is 1. The van der Waals surface area contributed by atoms with E-state index in [1.54, 1.807) is 0 Å². The van der Waals surface area contributed by atoms with Crippen molar-refractivity contribution in [1.82, 2.24) is 4.98 Å². The van der Waals surface area contributed by atoms with Crippen molar-refractivity contribution in [3.05, 3.63) is 23.0 Å². The minimum Gasteiger partial charge on any atom is -0.397 e. The molecule has 0 radical (unpaired) electrons. The van der Waals surface area contributed by atoms with Crippen LogP contribution in [0.4, 0.5) is 27.6 Å². The molecule has 0 saturated heterocycles. The van der Waals surface area contributed by atoms with Gasteiger partial charge in [0, 0.05) is 12.7 Å². The maximum atomic E-state index is 12.5. The van der Waals surface area contributed by atoms with Crippen LogP contribution in [-0.2, 0) is 12.7 Å². The lowest BCUT2D eigenvalue weighted by molar-refractivity contribution is -0.139. The molecule has 1 aromatic rings. The fraction of sp³-hybridized carbons (Fsp3) is 0.375. The average Bonchev–Trinajstić information content (AvgIpc) is 2.15. The van der Waals surface area contributed by atoms with Crippen molar-refractivity contribution >= 4 is 5.69 Å². The summed E-state index contributed by atoms with van der Waals surface area (Å²) in [7, 11) is 0. The number of nitrogens with zero attached hydrogens (tertiary/aromatic N) is 1. The van der Waals surface area contributed by atoms with Crippen molar-refractivity contribution in [3.8, 4) is 0 Å². The molecular formula is C8H8F5N3. The summed E-state index contributed by atoms with van der Waals surface area (Å²) in [6.07, 6.45) is -7.93. The number of alkyl halides is 5. The molecule has 0 aliphatic heterocycles. The van der Waals surface area contributed by atoms with Crippen LogP contribution in [-0.4, -0.2) is 4.98 Å². The molecule has 1 heterocycles. The molecule has 16 heavy (non-hydrogen) atoms. The summed E-state index contributed by atoms with van der Waals surface area (Å²) in [5.74, 6) is 0. The standard InChI is InChI=1S/C8H8F5N3/c9-7(10)5-3(8(11,12)13)2-16-4(1-14)6(5)15/h2,7H,1,14-15H2. The van der Waals surface area contributed by atoms with Gasteiger partial charge in [-0.25, -0.2) is 8.78 Å². The van der Waals surface area contributed by atoms with Gasteiger partial charge in [0.15, 0.2) is 0 Å². The molecule has 1 rings (SSSR count). The van der Waals surface area contributed by atoms with Gasteiger partial charge < -0.3 is 11.5 Å². The molecular weight excluding hydrogens is 233 g/mol. The van der Waals surface area contributed by atoms with E-state index >= 15 is 0 Å². The minimum absolute atomic E-state index is 0.177. The van der Waals surface area contributed by atoms with E-state index in [1.165, 1.54) is 0 Å². The van der Waals surface area contributed by atoms with Crippen molar-refractivity contribution in [3.63, 3.8) is 0 Å². The highest BCUT2D eigenvalue weighted by Gasteiger charge is 2.37. The van der Waals surface area contributed by atoms with Gasteiger partial charge in [-0.1, -0.05) is 0 Å². The first-order valence-electron chi connectivity index (χ1n) is 4.11. The summed E-state index contributed by atoms with van der Waals surface area (Å²) in [4.78, 5) is 3.30. The number of aromatic nitrogens is 1. The Balaban J connectivity index is 3.47. The molecule has 0 aliphatic carbocycles. The third-order valence-electron chi connectivity index (χ3n) is 1.96. The third kappa shape index (κ3) is 2.21. The first kappa shape index (κ1) is 12.6. The lowest BCUT2D eigenvalue weighted by Gasteiger charge is -2.15. The molecule has 0 unspecified atom stereocenters. The summed E-state index contributed by atoms with van der Waals surface area (Å²) in [6.45, 7) is -0.302. The van der Waals surface area contributed by atoms with Gasteiger partial charge in [-0.3, -0.25) is 4.98 Å². The first-order chi connectivity index (χ1) is 7.29. The minimum atomic E-state index is -4.92. The van der Waals surface area contributed by atoms with E-state index < -0.39 is 29.4 Å². The predicted molar refractivity (Wildman–Crippen MR) is 46.5 cm³/mol. The Kier molecular flexibility index (Phi) is 3.32. The van der Waals surface area contributed by atoms with E-state index in [0.717, 1.165) is 0 Å². The summed E-state index contributed by atoms with van der Waals surface area (Å²) in [5, 5.41) is 0. The molecule has 1 aromatic heterocycles. The van der Waals surface area contributed by atoms with E-state index in [0.29, 0.717) is 6.20 Å². The maximum absolute atomic E-state index is 12.5. The Morgan fingerprint density at radius 1 is 1.31 bits per heavy atom. The summed E-state index contributed by atoms with van der Waals surface area (Å²) >= 11 is 0. The monoisotopic (exact) mass is 241 g/mol. The molecule has 0 fully saturated rings. The summed E-state index contributed by atoms with van der Waals surface area (Å²) in [6, 6.07) is 0. The molecule has 0 atom stereocenters. The number of rotatable bonds is 2. The second-order valence-electron chi connectivity index (χ2n) is 2.95. The van der Waals surface area contributed by atoms with Crippen LogP contribution in [0, 0.1) is 0 Å². The van der Waals surface area contributed by atoms with Gasteiger partial charge in [0.1, 0.15) is 0 Å². The van der Waals surface area contributed by atoms with E-state index in [4.69, 9.17) is 11.5 Å². The quantitative estimate of drug-likeness (QED) is 0.779. The molecule has 0 bridgehead atoms. The SMILES string of the molecule is NCc1ncc(C(F)(F)F)c(C(F)F)c1N. The van der Waals surface area contributed by atoms with Gasteiger partial charge in [0.05, 0.1) is 22.5 Å². The normalized spacial score (nSPS) is 12.2. The highest BCUT2D eigenvalue weighted by molar-refractivity contribution is 5.55. The Labute approximate surface area is 87.3 Å². The van der Waals surface area contributed by atoms with Crippen LogP contribution < -0.4 is 11.5 Å². The zero-order chi connectivity index (χ0) is 12.5. The topological polar surface area (TPSA) is 64.9 Å². The number of nitrogen functional groups attached to an aromatic ring is 1. The lowest BCUT2D eigenvalue weighted by atomic mass is 10.1.